The first-order chi connectivity index (χ1) is 11.3. The number of guanidine groups is 1. The standard InChI is InChI=1S/C18H37N5O.HI/c1-6-19-17(21-14-16(24)22-18(2,3)4)20-12-13-23(5)15-10-8-7-9-11-15;/h15H,6-14H2,1-5H3,(H,22,24)(H2,19,20,21);1H. The highest BCUT2D eigenvalue weighted by Crippen LogP contribution is 2.21. The van der Waals surface area contributed by atoms with Crippen LogP contribution in [-0.2, 0) is 4.79 Å². The molecule has 1 fully saturated rings. The monoisotopic (exact) mass is 467 g/mol. The van der Waals surface area contributed by atoms with Crippen molar-refractivity contribution in [3.63, 3.8) is 0 Å². The molecule has 1 rings (SSSR count). The van der Waals surface area contributed by atoms with Crippen molar-refractivity contribution in [2.45, 2.75) is 71.4 Å². The Balaban J connectivity index is 0.00000576. The predicted molar refractivity (Wildman–Crippen MR) is 117 cm³/mol. The molecule has 148 valence electrons. The molecule has 1 aliphatic carbocycles. The van der Waals surface area contributed by atoms with E-state index in [1.54, 1.807) is 0 Å². The van der Waals surface area contributed by atoms with Crippen LogP contribution in [0, 0.1) is 0 Å². The third-order valence-corrected chi connectivity index (χ3v) is 4.19. The average molecular weight is 467 g/mol. The summed E-state index contributed by atoms with van der Waals surface area (Å²) in [5, 5.41) is 9.44. The van der Waals surface area contributed by atoms with Gasteiger partial charge >= 0.3 is 0 Å². The number of carbonyl (C=O) groups is 1. The van der Waals surface area contributed by atoms with Crippen molar-refractivity contribution in [3.8, 4) is 0 Å². The molecule has 0 bridgehead atoms. The largest absolute Gasteiger partial charge is 0.357 e. The lowest BCUT2D eigenvalue weighted by Crippen LogP contribution is -2.45. The summed E-state index contributed by atoms with van der Waals surface area (Å²) in [5.41, 5.74) is -0.221. The summed E-state index contributed by atoms with van der Waals surface area (Å²) in [6, 6.07) is 0.720. The lowest BCUT2D eigenvalue weighted by molar-refractivity contribution is -0.121. The summed E-state index contributed by atoms with van der Waals surface area (Å²) in [5.74, 6) is 0.651. The maximum absolute atomic E-state index is 11.9. The van der Waals surface area contributed by atoms with Gasteiger partial charge in [0.05, 0.1) is 0 Å². The molecule has 1 aliphatic rings. The van der Waals surface area contributed by atoms with E-state index < -0.39 is 0 Å². The van der Waals surface area contributed by atoms with Crippen LogP contribution < -0.4 is 16.0 Å². The first kappa shape index (κ1) is 24.4. The number of hydrogen-bond donors (Lipinski definition) is 3. The number of rotatable bonds is 7. The summed E-state index contributed by atoms with van der Waals surface area (Å²) in [4.78, 5) is 18.7. The van der Waals surface area contributed by atoms with E-state index in [1.165, 1.54) is 32.1 Å². The van der Waals surface area contributed by atoms with Gasteiger partial charge in [0.2, 0.25) is 5.91 Å². The molecule has 0 heterocycles. The third kappa shape index (κ3) is 11.6. The SMILES string of the molecule is CCNC(=NCC(=O)NC(C)(C)C)NCCN(C)C1CCCCC1.I. The molecule has 6 nitrogen and oxygen atoms in total. The molecule has 0 saturated heterocycles. The Bertz CT molecular complexity index is 403. The lowest BCUT2D eigenvalue weighted by Gasteiger charge is -2.31. The summed E-state index contributed by atoms with van der Waals surface area (Å²) in [6.45, 7) is 10.7. The number of aliphatic imine (C=N–C) groups is 1. The molecule has 1 amide bonds. The molecule has 7 heteroatoms. The molecule has 25 heavy (non-hydrogen) atoms. The van der Waals surface area contributed by atoms with Crippen LogP contribution in [0.2, 0.25) is 0 Å². The van der Waals surface area contributed by atoms with Gasteiger partial charge in [-0.2, -0.15) is 0 Å². The Morgan fingerprint density at radius 2 is 1.80 bits per heavy atom. The van der Waals surface area contributed by atoms with Crippen LogP contribution in [-0.4, -0.2) is 61.6 Å². The molecule has 0 aromatic heterocycles. The molecule has 0 aliphatic heterocycles. The van der Waals surface area contributed by atoms with E-state index in [-0.39, 0.29) is 42.0 Å². The van der Waals surface area contributed by atoms with Crippen molar-refractivity contribution in [1.29, 1.82) is 0 Å². The van der Waals surface area contributed by atoms with Crippen molar-refractivity contribution in [3.05, 3.63) is 0 Å². The van der Waals surface area contributed by atoms with E-state index in [0.717, 1.165) is 25.7 Å². The molecule has 0 aromatic rings. The topological polar surface area (TPSA) is 68.8 Å². The van der Waals surface area contributed by atoms with Crippen molar-refractivity contribution in [2.24, 2.45) is 4.99 Å². The normalized spacial score (nSPS) is 16.3. The third-order valence-electron chi connectivity index (χ3n) is 4.19. The van der Waals surface area contributed by atoms with E-state index in [1.807, 2.05) is 27.7 Å². The number of halogens is 1. The highest BCUT2D eigenvalue weighted by molar-refractivity contribution is 14.0. The molecule has 0 spiro atoms. The van der Waals surface area contributed by atoms with Crippen LogP contribution >= 0.6 is 24.0 Å². The van der Waals surface area contributed by atoms with E-state index in [2.05, 4.69) is 32.9 Å². The quantitative estimate of drug-likeness (QED) is 0.306. The average Bonchev–Trinajstić information content (AvgIpc) is 2.51. The Morgan fingerprint density at radius 3 is 2.36 bits per heavy atom. The van der Waals surface area contributed by atoms with Crippen LogP contribution in [0.15, 0.2) is 4.99 Å². The zero-order chi connectivity index (χ0) is 18.0. The second-order valence-electron chi connectivity index (χ2n) is 7.69. The molecule has 0 unspecified atom stereocenters. The first-order valence-corrected chi connectivity index (χ1v) is 9.35. The highest BCUT2D eigenvalue weighted by atomic mass is 127. The van der Waals surface area contributed by atoms with Gasteiger partial charge < -0.3 is 20.9 Å². The fraction of sp³-hybridized carbons (Fsp3) is 0.889. The fourth-order valence-corrected chi connectivity index (χ4v) is 3.01. The number of hydrogen-bond acceptors (Lipinski definition) is 3. The van der Waals surface area contributed by atoms with Crippen molar-refractivity contribution in [1.82, 2.24) is 20.9 Å². The molecule has 3 N–H and O–H groups in total. The Labute approximate surface area is 171 Å². The van der Waals surface area contributed by atoms with Gasteiger partial charge in [-0.05, 0) is 47.6 Å². The van der Waals surface area contributed by atoms with Crippen LogP contribution in [0.5, 0.6) is 0 Å². The van der Waals surface area contributed by atoms with Gasteiger partial charge in [-0.3, -0.25) is 4.79 Å². The van der Waals surface area contributed by atoms with Crippen molar-refractivity contribution < 1.29 is 4.79 Å². The maximum Gasteiger partial charge on any atom is 0.242 e. The molecule has 1 saturated carbocycles. The van der Waals surface area contributed by atoms with Gasteiger partial charge in [0.15, 0.2) is 5.96 Å². The van der Waals surface area contributed by atoms with Gasteiger partial charge in [-0.15, -0.1) is 24.0 Å². The number of carbonyl (C=O) groups excluding carboxylic acids is 1. The zero-order valence-electron chi connectivity index (χ0n) is 16.7. The fourth-order valence-electron chi connectivity index (χ4n) is 3.01. The van der Waals surface area contributed by atoms with Crippen molar-refractivity contribution >= 4 is 35.8 Å². The Kier molecular flexibility index (Phi) is 12.4. The molecular weight excluding hydrogens is 429 g/mol. The zero-order valence-corrected chi connectivity index (χ0v) is 19.0. The van der Waals surface area contributed by atoms with Crippen LogP contribution in [0.3, 0.4) is 0 Å². The Morgan fingerprint density at radius 1 is 1.16 bits per heavy atom. The van der Waals surface area contributed by atoms with E-state index >= 15 is 0 Å². The van der Waals surface area contributed by atoms with Gasteiger partial charge in [0.25, 0.3) is 0 Å². The molecular formula is C18H38IN5O. The molecule has 0 aromatic carbocycles. The number of amides is 1. The lowest BCUT2D eigenvalue weighted by atomic mass is 9.94. The van der Waals surface area contributed by atoms with Crippen LogP contribution in [0.1, 0.15) is 59.8 Å². The minimum atomic E-state index is -0.221. The molecule has 0 radical (unpaired) electrons. The Hall–Kier alpha value is -0.570. The minimum Gasteiger partial charge on any atom is -0.357 e. The van der Waals surface area contributed by atoms with E-state index in [4.69, 9.17) is 0 Å². The van der Waals surface area contributed by atoms with Crippen molar-refractivity contribution in [2.75, 3.05) is 33.2 Å². The predicted octanol–water partition coefficient (Wildman–Crippen LogP) is 2.34. The first-order valence-electron chi connectivity index (χ1n) is 9.35. The summed E-state index contributed by atoms with van der Waals surface area (Å²) < 4.78 is 0. The number of likely N-dealkylation sites (N-methyl/N-ethyl adjacent to an activating group) is 1. The number of nitrogens with zero attached hydrogens (tertiary/aromatic N) is 2. The molecule has 0 atom stereocenters. The highest BCUT2D eigenvalue weighted by Gasteiger charge is 2.17. The van der Waals surface area contributed by atoms with Crippen LogP contribution in [0.25, 0.3) is 0 Å². The van der Waals surface area contributed by atoms with E-state index in [0.29, 0.717) is 5.96 Å². The van der Waals surface area contributed by atoms with Gasteiger partial charge in [0, 0.05) is 31.2 Å². The summed E-state index contributed by atoms with van der Waals surface area (Å²) in [6.07, 6.45) is 6.73. The second-order valence-corrected chi connectivity index (χ2v) is 7.69. The van der Waals surface area contributed by atoms with Gasteiger partial charge in [-0.25, -0.2) is 4.99 Å². The summed E-state index contributed by atoms with van der Waals surface area (Å²) in [7, 11) is 2.21. The number of nitrogens with one attached hydrogen (secondary N) is 3. The van der Waals surface area contributed by atoms with Crippen LogP contribution in [0.4, 0.5) is 0 Å². The maximum atomic E-state index is 11.9. The second kappa shape index (κ2) is 12.7. The minimum absolute atomic E-state index is 0. The van der Waals surface area contributed by atoms with Gasteiger partial charge in [-0.1, -0.05) is 19.3 Å². The summed E-state index contributed by atoms with van der Waals surface area (Å²) >= 11 is 0. The van der Waals surface area contributed by atoms with Gasteiger partial charge in [0.1, 0.15) is 6.54 Å². The smallest absolute Gasteiger partial charge is 0.242 e. The van der Waals surface area contributed by atoms with E-state index in [9.17, 15) is 4.79 Å².